The SMILES string of the molecule is COCC(=O)/C=C1\CC[C@H](CCl)O1. The molecule has 1 heterocycles. The van der Waals surface area contributed by atoms with Crippen molar-refractivity contribution in [1.29, 1.82) is 0 Å². The molecule has 0 unspecified atom stereocenters. The van der Waals surface area contributed by atoms with Crippen molar-refractivity contribution in [3.05, 3.63) is 11.8 Å². The average Bonchev–Trinajstić information content (AvgIpc) is 2.52. The zero-order valence-electron chi connectivity index (χ0n) is 7.59. The van der Waals surface area contributed by atoms with Crippen molar-refractivity contribution in [2.45, 2.75) is 18.9 Å². The lowest BCUT2D eigenvalue weighted by Crippen LogP contribution is -2.06. The van der Waals surface area contributed by atoms with Crippen LogP contribution in [0.4, 0.5) is 0 Å². The van der Waals surface area contributed by atoms with Gasteiger partial charge in [0.2, 0.25) is 0 Å². The Bertz CT molecular complexity index is 213. The number of rotatable bonds is 4. The smallest absolute Gasteiger partial charge is 0.184 e. The normalized spacial score (nSPS) is 24.8. The van der Waals surface area contributed by atoms with Crippen LogP contribution in [0.2, 0.25) is 0 Å². The molecule has 1 saturated heterocycles. The first kappa shape index (κ1) is 10.5. The molecule has 1 aliphatic heterocycles. The number of halogens is 1. The van der Waals surface area contributed by atoms with E-state index in [4.69, 9.17) is 21.1 Å². The second-order valence-electron chi connectivity index (χ2n) is 2.94. The fourth-order valence-corrected chi connectivity index (χ4v) is 1.43. The van der Waals surface area contributed by atoms with Crippen molar-refractivity contribution in [1.82, 2.24) is 0 Å². The predicted octanol–water partition coefficient (Wildman–Crippen LogP) is 1.50. The number of hydrogen-bond acceptors (Lipinski definition) is 3. The molecule has 0 aromatic heterocycles. The average molecular weight is 205 g/mol. The molecule has 0 aromatic carbocycles. The molecule has 0 bridgehead atoms. The maximum atomic E-state index is 11.1. The monoisotopic (exact) mass is 204 g/mol. The van der Waals surface area contributed by atoms with Gasteiger partial charge in [-0.25, -0.2) is 0 Å². The Hall–Kier alpha value is -0.540. The van der Waals surface area contributed by atoms with Crippen molar-refractivity contribution >= 4 is 17.4 Å². The molecule has 1 aliphatic rings. The lowest BCUT2D eigenvalue weighted by Gasteiger charge is -2.05. The Kier molecular flexibility index (Phi) is 4.25. The standard InChI is InChI=1S/C9H13ClO3/c1-12-6-7(11)4-8-2-3-9(5-10)13-8/h4,9H,2-3,5-6H2,1H3/b8-4+/t9-/m1/s1. The van der Waals surface area contributed by atoms with E-state index in [0.29, 0.717) is 5.88 Å². The van der Waals surface area contributed by atoms with Crippen LogP contribution in [0.25, 0.3) is 0 Å². The van der Waals surface area contributed by atoms with E-state index >= 15 is 0 Å². The number of alkyl halides is 1. The Morgan fingerprint density at radius 2 is 2.62 bits per heavy atom. The predicted molar refractivity (Wildman–Crippen MR) is 49.8 cm³/mol. The summed E-state index contributed by atoms with van der Waals surface area (Å²) in [6.07, 6.45) is 3.27. The van der Waals surface area contributed by atoms with Crippen LogP contribution in [0, 0.1) is 0 Å². The minimum atomic E-state index is -0.0623. The van der Waals surface area contributed by atoms with E-state index in [1.54, 1.807) is 0 Å². The van der Waals surface area contributed by atoms with Crippen LogP contribution in [0.15, 0.2) is 11.8 Å². The third kappa shape index (κ3) is 3.36. The summed E-state index contributed by atoms with van der Waals surface area (Å²) in [5, 5.41) is 0. The zero-order valence-corrected chi connectivity index (χ0v) is 8.34. The van der Waals surface area contributed by atoms with Gasteiger partial charge in [-0.05, 0) is 6.42 Å². The summed E-state index contributed by atoms with van der Waals surface area (Å²) in [4.78, 5) is 11.1. The molecule has 1 atom stereocenters. The van der Waals surface area contributed by atoms with E-state index in [0.717, 1.165) is 18.6 Å². The highest BCUT2D eigenvalue weighted by Gasteiger charge is 2.19. The van der Waals surface area contributed by atoms with Gasteiger partial charge in [0.1, 0.15) is 18.5 Å². The van der Waals surface area contributed by atoms with Crippen molar-refractivity contribution in [3.8, 4) is 0 Å². The first-order valence-corrected chi connectivity index (χ1v) is 4.74. The van der Waals surface area contributed by atoms with Gasteiger partial charge >= 0.3 is 0 Å². The third-order valence-corrected chi connectivity index (χ3v) is 2.16. The molecular weight excluding hydrogens is 192 g/mol. The number of carbonyl (C=O) groups excluding carboxylic acids is 1. The van der Waals surface area contributed by atoms with Gasteiger partial charge < -0.3 is 9.47 Å². The Balaban J connectivity index is 2.40. The fraction of sp³-hybridized carbons (Fsp3) is 0.667. The van der Waals surface area contributed by atoms with E-state index in [1.165, 1.54) is 13.2 Å². The van der Waals surface area contributed by atoms with Crippen LogP contribution in [0.3, 0.4) is 0 Å². The maximum absolute atomic E-state index is 11.1. The fourth-order valence-electron chi connectivity index (χ4n) is 1.21. The molecule has 0 saturated carbocycles. The molecule has 0 spiro atoms. The van der Waals surface area contributed by atoms with Crippen LogP contribution in [0.1, 0.15) is 12.8 Å². The van der Waals surface area contributed by atoms with Gasteiger partial charge in [0, 0.05) is 19.6 Å². The molecular formula is C9H13ClO3. The lowest BCUT2D eigenvalue weighted by molar-refractivity contribution is -0.118. The first-order valence-electron chi connectivity index (χ1n) is 4.21. The number of allylic oxidation sites excluding steroid dienone is 1. The van der Waals surface area contributed by atoms with Gasteiger partial charge in [-0.3, -0.25) is 4.79 Å². The van der Waals surface area contributed by atoms with Crippen molar-refractivity contribution in [2.75, 3.05) is 19.6 Å². The summed E-state index contributed by atoms with van der Waals surface area (Å²) in [6.45, 7) is 0.110. The Morgan fingerprint density at radius 1 is 1.85 bits per heavy atom. The summed E-state index contributed by atoms with van der Waals surface area (Å²) in [7, 11) is 1.49. The number of ether oxygens (including phenoxy) is 2. The van der Waals surface area contributed by atoms with Gasteiger partial charge in [-0.2, -0.15) is 0 Å². The number of ketones is 1. The quantitative estimate of drug-likeness (QED) is 0.514. The second kappa shape index (κ2) is 5.25. The molecule has 0 N–H and O–H groups in total. The molecule has 0 aliphatic carbocycles. The largest absolute Gasteiger partial charge is 0.493 e. The van der Waals surface area contributed by atoms with Crippen LogP contribution in [-0.2, 0) is 14.3 Å². The second-order valence-corrected chi connectivity index (χ2v) is 3.25. The first-order chi connectivity index (χ1) is 6.26. The molecule has 74 valence electrons. The molecule has 1 fully saturated rings. The minimum Gasteiger partial charge on any atom is -0.493 e. The van der Waals surface area contributed by atoms with E-state index in [-0.39, 0.29) is 18.5 Å². The maximum Gasteiger partial charge on any atom is 0.184 e. The molecule has 4 heteroatoms. The van der Waals surface area contributed by atoms with Crippen LogP contribution in [0.5, 0.6) is 0 Å². The molecule has 0 radical (unpaired) electrons. The molecule has 0 aromatic rings. The van der Waals surface area contributed by atoms with Gasteiger partial charge in [0.05, 0.1) is 5.88 Å². The third-order valence-electron chi connectivity index (χ3n) is 1.81. The summed E-state index contributed by atoms with van der Waals surface area (Å²) >= 11 is 5.61. The van der Waals surface area contributed by atoms with E-state index in [2.05, 4.69) is 0 Å². The summed E-state index contributed by atoms with van der Waals surface area (Å²) < 4.78 is 10.1. The van der Waals surface area contributed by atoms with Gasteiger partial charge in [0.25, 0.3) is 0 Å². The highest BCUT2D eigenvalue weighted by molar-refractivity contribution is 6.18. The Morgan fingerprint density at radius 3 is 3.15 bits per heavy atom. The number of hydrogen-bond donors (Lipinski definition) is 0. The van der Waals surface area contributed by atoms with Gasteiger partial charge in [-0.15, -0.1) is 11.6 Å². The Labute approximate surface area is 82.7 Å². The number of methoxy groups -OCH3 is 1. The minimum absolute atomic E-state index is 0.0623. The van der Waals surface area contributed by atoms with E-state index in [9.17, 15) is 4.79 Å². The van der Waals surface area contributed by atoms with Crippen molar-refractivity contribution in [2.24, 2.45) is 0 Å². The zero-order chi connectivity index (χ0) is 9.68. The highest BCUT2D eigenvalue weighted by atomic mass is 35.5. The summed E-state index contributed by atoms with van der Waals surface area (Å²) in [5.74, 6) is 1.15. The van der Waals surface area contributed by atoms with Crippen LogP contribution in [-0.4, -0.2) is 31.5 Å². The van der Waals surface area contributed by atoms with Gasteiger partial charge in [-0.1, -0.05) is 0 Å². The molecule has 0 amide bonds. The molecule has 1 rings (SSSR count). The summed E-state index contributed by atoms with van der Waals surface area (Å²) in [5.41, 5.74) is 0. The summed E-state index contributed by atoms with van der Waals surface area (Å²) in [6, 6.07) is 0. The van der Waals surface area contributed by atoms with Crippen LogP contribution >= 0.6 is 11.6 Å². The van der Waals surface area contributed by atoms with Gasteiger partial charge in [0.15, 0.2) is 5.78 Å². The topological polar surface area (TPSA) is 35.5 Å². The van der Waals surface area contributed by atoms with Crippen molar-refractivity contribution < 1.29 is 14.3 Å². The molecule has 13 heavy (non-hydrogen) atoms. The molecule has 3 nitrogen and oxygen atoms in total. The number of carbonyl (C=O) groups is 1. The van der Waals surface area contributed by atoms with E-state index < -0.39 is 0 Å². The highest BCUT2D eigenvalue weighted by Crippen LogP contribution is 2.23. The van der Waals surface area contributed by atoms with Crippen molar-refractivity contribution in [3.63, 3.8) is 0 Å². The van der Waals surface area contributed by atoms with Crippen LogP contribution < -0.4 is 0 Å². The lowest BCUT2D eigenvalue weighted by atomic mass is 10.2. The van der Waals surface area contributed by atoms with E-state index in [1.807, 2.05) is 0 Å².